The number of hydrogen-bond acceptors (Lipinski definition) is 3. The molecule has 0 saturated carbocycles. The third kappa shape index (κ3) is 3.37. The lowest BCUT2D eigenvalue weighted by molar-refractivity contribution is 0.0550. The molecule has 124 valence electrons. The highest BCUT2D eigenvalue weighted by molar-refractivity contribution is 6.38. The van der Waals surface area contributed by atoms with Crippen molar-refractivity contribution < 1.29 is 9.90 Å². The molecular formula is C17H22ClN3O2. The number of carbonyl (C=O) groups is 1. The van der Waals surface area contributed by atoms with Crippen molar-refractivity contribution in [3.05, 3.63) is 34.5 Å². The SMILES string of the molecule is Cc1ccc2[nH]c(C(=O)N3CCN(C[C@H](C)O)CC3)c(Cl)c2c1. The molecule has 0 aliphatic carbocycles. The Hall–Kier alpha value is -1.56. The van der Waals surface area contributed by atoms with Gasteiger partial charge in [0.05, 0.1) is 11.1 Å². The first kappa shape index (κ1) is 16.3. The summed E-state index contributed by atoms with van der Waals surface area (Å²) in [6.45, 7) is 7.28. The zero-order chi connectivity index (χ0) is 16.6. The van der Waals surface area contributed by atoms with Gasteiger partial charge in [0.15, 0.2) is 0 Å². The highest BCUT2D eigenvalue weighted by atomic mass is 35.5. The number of aryl methyl sites for hydroxylation is 1. The molecule has 6 heteroatoms. The fraction of sp³-hybridized carbons (Fsp3) is 0.471. The highest BCUT2D eigenvalue weighted by Gasteiger charge is 2.26. The van der Waals surface area contributed by atoms with E-state index in [0.717, 1.165) is 29.6 Å². The first-order chi connectivity index (χ1) is 11.0. The van der Waals surface area contributed by atoms with Crippen molar-refractivity contribution in [3.8, 4) is 0 Å². The third-order valence-corrected chi connectivity index (χ3v) is 4.68. The number of rotatable bonds is 3. The van der Waals surface area contributed by atoms with E-state index >= 15 is 0 Å². The van der Waals surface area contributed by atoms with Crippen LogP contribution in [0.25, 0.3) is 10.9 Å². The van der Waals surface area contributed by atoms with Crippen LogP contribution in [0, 0.1) is 6.92 Å². The summed E-state index contributed by atoms with van der Waals surface area (Å²) in [6, 6.07) is 5.94. The van der Waals surface area contributed by atoms with Gasteiger partial charge in [0.1, 0.15) is 5.69 Å². The van der Waals surface area contributed by atoms with Crippen molar-refractivity contribution in [1.82, 2.24) is 14.8 Å². The second-order valence-electron chi connectivity index (χ2n) is 6.30. The van der Waals surface area contributed by atoms with E-state index in [4.69, 9.17) is 11.6 Å². The van der Waals surface area contributed by atoms with Crippen LogP contribution < -0.4 is 0 Å². The first-order valence-electron chi connectivity index (χ1n) is 7.93. The predicted molar refractivity (Wildman–Crippen MR) is 92.1 cm³/mol. The fourth-order valence-electron chi connectivity index (χ4n) is 3.09. The molecule has 1 atom stereocenters. The Morgan fingerprint density at radius 2 is 2.04 bits per heavy atom. The smallest absolute Gasteiger partial charge is 0.271 e. The van der Waals surface area contributed by atoms with Gasteiger partial charge in [-0.25, -0.2) is 0 Å². The normalized spacial score (nSPS) is 17.7. The Morgan fingerprint density at radius 1 is 1.35 bits per heavy atom. The second kappa shape index (κ2) is 6.51. The largest absolute Gasteiger partial charge is 0.392 e. The van der Waals surface area contributed by atoms with Crippen molar-refractivity contribution >= 4 is 28.4 Å². The zero-order valence-corrected chi connectivity index (χ0v) is 14.2. The van der Waals surface area contributed by atoms with Crippen LogP contribution in [0.4, 0.5) is 0 Å². The number of nitrogens with zero attached hydrogens (tertiary/aromatic N) is 2. The summed E-state index contributed by atoms with van der Waals surface area (Å²) in [4.78, 5) is 19.9. The van der Waals surface area contributed by atoms with Crippen LogP contribution in [-0.2, 0) is 0 Å². The number of hydrogen-bond donors (Lipinski definition) is 2. The number of β-amino-alcohol motifs (C(OH)–C–C–N with tert-alkyl or cyclic N) is 1. The van der Waals surface area contributed by atoms with Crippen LogP contribution in [0.15, 0.2) is 18.2 Å². The van der Waals surface area contributed by atoms with Crippen molar-refractivity contribution in [3.63, 3.8) is 0 Å². The molecule has 2 aromatic rings. The van der Waals surface area contributed by atoms with Gasteiger partial charge in [-0.1, -0.05) is 23.2 Å². The first-order valence-corrected chi connectivity index (χ1v) is 8.31. The maximum atomic E-state index is 12.7. The van der Waals surface area contributed by atoms with Gasteiger partial charge in [-0.2, -0.15) is 0 Å². The number of H-pyrrole nitrogens is 1. The lowest BCUT2D eigenvalue weighted by Gasteiger charge is -2.35. The molecule has 1 fully saturated rings. The molecule has 1 aromatic heterocycles. The molecule has 23 heavy (non-hydrogen) atoms. The monoisotopic (exact) mass is 335 g/mol. The standard InChI is InChI=1S/C17H22ClN3O2/c1-11-3-4-14-13(9-11)15(18)16(19-14)17(23)21-7-5-20(6-8-21)10-12(2)22/h3-4,9,12,19,22H,5-8,10H2,1-2H3/t12-/m0/s1. The van der Waals surface area contributed by atoms with Crippen molar-refractivity contribution in [2.24, 2.45) is 0 Å². The number of fused-ring (bicyclic) bond motifs is 1. The van der Waals surface area contributed by atoms with Gasteiger partial charge < -0.3 is 15.0 Å². The van der Waals surface area contributed by atoms with Crippen molar-refractivity contribution in [1.29, 1.82) is 0 Å². The number of aliphatic hydroxyl groups is 1. The number of aromatic nitrogens is 1. The number of aliphatic hydroxyl groups excluding tert-OH is 1. The molecule has 1 aliphatic rings. The van der Waals surface area contributed by atoms with E-state index in [1.807, 2.05) is 30.0 Å². The Kier molecular flexibility index (Phi) is 4.62. The number of carbonyl (C=O) groups excluding carboxylic acids is 1. The van der Waals surface area contributed by atoms with E-state index in [1.165, 1.54) is 0 Å². The number of benzene rings is 1. The van der Waals surface area contributed by atoms with Gasteiger partial charge in [0.25, 0.3) is 5.91 Å². The molecular weight excluding hydrogens is 314 g/mol. The summed E-state index contributed by atoms with van der Waals surface area (Å²) < 4.78 is 0. The molecule has 0 bridgehead atoms. The predicted octanol–water partition coefficient (Wildman–Crippen LogP) is 2.27. The lowest BCUT2D eigenvalue weighted by atomic mass is 10.2. The Labute approximate surface area is 140 Å². The van der Waals surface area contributed by atoms with Crippen molar-refractivity contribution in [2.75, 3.05) is 32.7 Å². The summed E-state index contributed by atoms with van der Waals surface area (Å²) in [6.07, 6.45) is -0.344. The molecule has 2 heterocycles. The van der Waals surface area contributed by atoms with Crippen LogP contribution in [-0.4, -0.2) is 64.6 Å². The molecule has 0 unspecified atom stereocenters. The maximum Gasteiger partial charge on any atom is 0.271 e. The van der Waals surface area contributed by atoms with Crippen LogP contribution in [0.1, 0.15) is 23.0 Å². The van der Waals surface area contributed by atoms with E-state index in [1.54, 1.807) is 6.92 Å². The number of piperazine rings is 1. The Bertz CT molecular complexity index is 718. The third-order valence-electron chi connectivity index (χ3n) is 4.29. The summed E-state index contributed by atoms with van der Waals surface area (Å²) >= 11 is 6.42. The van der Waals surface area contributed by atoms with Crippen LogP contribution in [0.2, 0.25) is 5.02 Å². The summed E-state index contributed by atoms with van der Waals surface area (Å²) in [7, 11) is 0. The number of aromatic amines is 1. The highest BCUT2D eigenvalue weighted by Crippen LogP contribution is 2.29. The van der Waals surface area contributed by atoms with Gasteiger partial charge >= 0.3 is 0 Å². The topological polar surface area (TPSA) is 59.6 Å². The average molecular weight is 336 g/mol. The summed E-state index contributed by atoms with van der Waals surface area (Å²) in [5.74, 6) is -0.0550. The minimum absolute atomic E-state index is 0.0550. The van der Waals surface area contributed by atoms with Crippen LogP contribution in [0.5, 0.6) is 0 Å². The Balaban J connectivity index is 1.75. The zero-order valence-electron chi connectivity index (χ0n) is 13.5. The lowest BCUT2D eigenvalue weighted by Crippen LogP contribution is -2.50. The van der Waals surface area contributed by atoms with E-state index in [-0.39, 0.29) is 12.0 Å². The fourth-order valence-corrected chi connectivity index (χ4v) is 3.37. The van der Waals surface area contributed by atoms with Gasteiger partial charge in [-0.3, -0.25) is 9.69 Å². The van der Waals surface area contributed by atoms with Gasteiger partial charge in [-0.05, 0) is 26.0 Å². The Morgan fingerprint density at radius 3 is 2.70 bits per heavy atom. The number of amides is 1. The quantitative estimate of drug-likeness (QED) is 0.904. The summed E-state index contributed by atoms with van der Waals surface area (Å²) in [5, 5.41) is 10.8. The summed E-state index contributed by atoms with van der Waals surface area (Å²) in [5.41, 5.74) is 2.47. The minimum Gasteiger partial charge on any atom is -0.392 e. The number of halogens is 1. The maximum absolute atomic E-state index is 12.7. The molecule has 0 radical (unpaired) electrons. The molecule has 5 nitrogen and oxygen atoms in total. The second-order valence-corrected chi connectivity index (χ2v) is 6.68. The van der Waals surface area contributed by atoms with Crippen LogP contribution in [0.3, 0.4) is 0 Å². The van der Waals surface area contributed by atoms with Gasteiger partial charge in [0, 0.05) is 43.6 Å². The van der Waals surface area contributed by atoms with E-state index in [9.17, 15) is 9.90 Å². The minimum atomic E-state index is -0.344. The number of nitrogens with one attached hydrogen (secondary N) is 1. The molecule has 2 N–H and O–H groups in total. The molecule has 0 spiro atoms. The van der Waals surface area contributed by atoms with Crippen molar-refractivity contribution in [2.45, 2.75) is 20.0 Å². The molecule has 1 aliphatic heterocycles. The van der Waals surface area contributed by atoms with E-state index < -0.39 is 0 Å². The molecule has 1 amide bonds. The molecule has 3 rings (SSSR count). The van der Waals surface area contributed by atoms with Crippen LogP contribution >= 0.6 is 11.6 Å². The average Bonchev–Trinajstić information content (AvgIpc) is 2.84. The molecule has 1 saturated heterocycles. The van der Waals surface area contributed by atoms with E-state index in [2.05, 4.69) is 9.88 Å². The van der Waals surface area contributed by atoms with Gasteiger partial charge in [-0.15, -0.1) is 0 Å². The van der Waals surface area contributed by atoms with E-state index in [0.29, 0.717) is 30.4 Å². The van der Waals surface area contributed by atoms with Gasteiger partial charge in [0.2, 0.25) is 0 Å². The molecule has 1 aromatic carbocycles.